The molecule has 0 spiro atoms. The molecule has 0 aliphatic heterocycles. The highest BCUT2D eigenvalue weighted by Crippen LogP contribution is 1.95. The second-order valence-corrected chi connectivity index (χ2v) is 3.39. The van der Waals surface area contributed by atoms with Crippen molar-refractivity contribution in [3.05, 3.63) is 0 Å². The molecular weight excluding hydrogens is 164 g/mol. The zero-order valence-corrected chi connectivity index (χ0v) is 9.14. The molecule has 0 aromatic carbocycles. The van der Waals surface area contributed by atoms with Crippen molar-refractivity contribution in [1.82, 2.24) is 15.5 Å². The Morgan fingerprint density at radius 3 is 2.15 bits per heavy atom. The molecule has 0 atom stereocenters. The molecule has 0 fully saturated rings. The van der Waals surface area contributed by atoms with Gasteiger partial charge < -0.3 is 21.3 Å². The molecular formula is C9H24N4. The number of nitrogens with two attached hydrogens (primary N) is 1. The lowest BCUT2D eigenvalue weighted by molar-refractivity contribution is 0.234. The highest BCUT2D eigenvalue weighted by atomic mass is 15.2. The van der Waals surface area contributed by atoms with E-state index in [1.807, 2.05) is 14.1 Å². The summed E-state index contributed by atoms with van der Waals surface area (Å²) >= 11 is 0. The maximum atomic E-state index is 5.47. The van der Waals surface area contributed by atoms with Gasteiger partial charge in [-0.2, -0.15) is 0 Å². The van der Waals surface area contributed by atoms with E-state index < -0.39 is 0 Å². The average Bonchev–Trinajstić information content (AvgIpc) is 2.14. The van der Waals surface area contributed by atoms with Gasteiger partial charge in [0.05, 0.1) is 0 Å². The molecule has 4 N–H and O–H groups in total. The maximum absolute atomic E-state index is 5.47. The third kappa shape index (κ3) is 5.99. The van der Waals surface area contributed by atoms with Gasteiger partial charge in [-0.05, 0) is 40.7 Å². The van der Waals surface area contributed by atoms with Crippen LogP contribution < -0.4 is 16.4 Å². The highest BCUT2D eigenvalue weighted by molar-refractivity contribution is 4.72. The Kier molecular flexibility index (Phi) is 8.33. The van der Waals surface area contributed by atoms with Gasteiger partial charge >= 0.3 is 0 Å². The fourth-order valence-corrected chi connectivity index (χ4v) is 1.38. The lowest BCUT2D eigenvalue weighted by Gasteiger charge is -2.27. The van der Waals surface area contributed by atoms with Gasteiger partial charge in [-0.25, -0.2) is 0 Å². The van der Waals surface area contributed by atoms with Crippen molar-refractivity contribution in [3.63, 3.8) is 0 Å². The van der Waals surface area contributed by atoms with Gasteiger partial charge in [-0.15, -0.1) is 0 Å². The van der Waals surface area contributed by atoms with Crippen molar-refractivity contribution < 1.29 is 0 Å². The smallest absolute Gasteiger partial charge is 0.0342 e. The van der Waals surface area contributed by atoms with Crippen molar-refractivity contribution in [1.29, 1.82) is 0 Å². The van der Waals surface area contributed by atoms with Gasteiger partial charge in [0.15, 0.2) is 0 Å². The number of nitrogens with zero attached hydrogens (tertiary/aromatic N) is 1. The molecule has 0 saturated carbocycles. The molecule has 80 valence electrons. The van der Waals surface area contributed by atoms with Crippen molar-refractivity contribution >= 4 is 0 Å². The van der Waals surface area contributed by atoms with Crippen LogP contribution in [0, 0.1) is 0 Å². The largest absolute Gasteiger partial charge is 0.330 e. The number of hydrogen-bond donors (Lipinski definition) is 3. The highest BCUT2D eigenvalue weighted by Gasteiger charge is 2.11. The second kappa shape index (κ2) is 8.44. The molecule has 0 heterocycles. The zero-order valence-electron chi connectivity index (χ0n) is 9.14. The molecule has 0 bridgehead atoms. The molecule has 0 aromatic heterocycles. The summed E-state index contributed by atoms with van der Waals surface area (Å²) in [6.07, 6.45) is 1.07. The van der Waals surface area contributed by atoms with E-state index in [1.165, 1.54) is 0 Å². The van der Waals surface area contributed by atoms with Crippen LogP contribution in [-0.2, 0) is 0 Å². The molecule has 4 nitrogen and oxygen atoms in total. The lowest BCUT2D eigenvalue weighted by Crippen LogP contribution is -2.45. The first-order valence-electron chi connectivity index (χ1n) is 4.95. The molecule has 0 radical (unpaired) electrons. The Hall–Kier alpha value is -0.160. The summed E-state index contributed by atoms with van der Waals surface area (Å²) in [7, 11) is 6.12. The van der Waals surface area contributed by atoms with Crippen LogP contribution in [0.4, 0.5) is 0 Å². The van der Waals surface area contributed by atoms with Crippen LogP contribution in [0.15, 0.2) is 0 Å². The Morgan fingerprint density at radius 2 is 1.77 bits per heavy atom. The second-order valence-electron chi connectivity index (χ2n) is 3.39. The Labute approximate surface area is 81.9 Å². The quantitative estimate of drug-likeness (QED) is 0.461. The van der Waals surface area contributed by atoms with Crippen molar-refractivity contribution in [2.75, 3.05) is 47.3 Å². The van der Waals surface area contributed by atoms with Gasteiger partial charge in [0.2, 0.25) is 0 Å². The van der Waals surface area contributed by atoms with Crippen LogP contribution >= 0.6 is 0 Å². The molecule has 0 amide bonds. The third-order valence-electron chi connectivity index (χ3n) is 2.22. The van der Waals surface area contributed by atoms with Crippen molar-refractivity contribution in [2.24, 2.45) is 5.73 Å². The fourth-order valence-electron chi connectivity index (χ4n) is 1.38. The first-order chi connectivity index (χ1) is 6.26. The third-order valence-corrected chi connectivity index (χ3v) is 2.22. The van der Waals surface area contributed by atoms with Crippen LogP contribution in [0.3, 0.4) is 0 Å². The molecule has 13 heavy (non-hydrogen) atoms. The van der Waals surface area contributed by atoms with Crippen LogP contribution in [0.1, 0.15) is 6.42 Å². The average molecular weight is 188 g/mol. The van der Waals surface area contributed by atoms with E-state index in [1.54, 1.807) is 0 Å². The number of rotatable bonds is 8. The summed E-state index contributed by atoms with van der Waals surface area (Å²) in [6.45, 7) is 3.88. The summed E-state index contributed by atoms with van der Waals surface area (Å²) < 4.78 is 0. The molecule has 0 rings (SSSR count). The zero-order chi connectivity index (χ0) is 10.1. The predicted molar refractivity (Wildman–Crippen MR) is 57.9 cm³/mol. The van der Waals surface area contributed by atoms with Crippen molar-refractivity contribution in [3.8, 4) is 0 Å². The normalized spacial score (nSPS) is 11.5. The Bertz CT molecular complexity index is 102. The minimum absolute atomic E-state index is 0.557. The topological polar surface area (TPSA) is 53.3 Å². The summed E-state index contributed by atoms with van der Waals surface area (Å²) in [5.74, 6) is 0. The molecule has 0 aliphatic carbocycles. The van der Waals surface area contributed by atoms with E-state index in [0.717, 1.165) is 32.6 Å². The van der Waals surface area contributed by atoms with E-state index in [-0.39, 0.29) is 0 Å². The van der Waals surface area contributed by atoms with Crippen LogP contribution in [0.25, 0.3) is 0 Å². The monoisotopic (exact) mass is 188 g/mol. The van der Waals surface area contributed by atoms with Crippen LogP contribution in [0.2, 0.25) is 0 Å². The minimum atomic E-state index is 0.557. The number of hydrogen-bond acceptors (Lipinski definition) is 4. The summed E-state index contributed by atoms with van der Waals surface area (Å²) in [6, 6.07) is 0.557. The lowest BCUT2D eigenvalue weighted by atomic mass is 10.2. The number of likely N-dealkylation sites (N-methyl/N-ethyl adjacent to an activating group) is 3. The van der Waals surface area contributed by atoms with Crippen LogP contribution in [-0.4, -0.2) is 58.3 Å². The summed E-state index contributed by atoms with van der Waals surface area (Å²) in [5, 5.41) is 6.39. The molecule has 4 heteroatoms. The molecule has 0 aliphatic rings. The SMILES string of the molecule is CNCC(CNC)N(C)CCCN. The minimum Gasteiger partial charge on any atom is -0.330 e. The fraction of sp³-hybridized carbons (Fsp3) is 1.00. The van der Waals surface area contributed by atoms with Crippen molar-refractivity contribution in [2.45, 2.75) is 12.5 Å². The van der Waals surface area contributed by atoms with E-state index in [9.17, 15) is 0 Å². The molecule has 0 aromatic rings. The Balaban J connectivity index is 3.72. The molecule has 0 saturated heterocycles. The molecule has 0 unspecified atom stereocenters. The predicted octanol–water partition coefficient (Wildman–Crippen LogP) is -0.926. The maximum Gasteiger partial charge on any atom is 0.0342 e. The van der Waals surface area contributed by atoms with Gasteiger partial charge in [-0.1, -0.05) is 0 Å². The van der Waals surface area contributed by atoms with E-state index in [4.69, 9.17) is 5.73 Å². The van der Waals surface area contributed by atoms with Gasteiger partial charge in [0.1, 0.15) is 0 Å². The Morgan fingerprint density at radius 1 is 1.23 bits per heavy atom. The standard InChI is InChI=1S/C9H24N4/c1-11-7-9(8-12-2)13(3)6-4-5-10/h9,11-12H,4-8,10H2,1-3H3. The van der Waals surface area contributed by atoms with E-state index >= 15 is 0 Å². The first kappa shape index (κ1) is 12.8. The van der Waals surface area contributed by atoms with E-state index in [0.29, 0.717) is 6.04 Å². The van der Waals surface area contributed by atoms with Gasteiger partial charge in [0, 0.05) is 19.1 Å². The van der Waals surface area contributed by atoms with Gasteiger partial charge in [-0.3, -0.25) is 0 Å². The first-order valence-corrected chi connectivity index (χ1v) is 4.95. The summed E-state index contributed by atoms with van der Waals surface area (Å²) in [4.78, 5) is 2.35. The van der Waals surface area contributed by atoms with Gasteiger partial charge in [0.25, 0.3) is 0 Å². The van der Waals surface area contributed by atoms with Crippen LogP contribution in [0.5, 0.6) is 0 Å². The number of nitrogens with one attached hydrogen (secondary N) is 2. The summed E-state index contributed by atoms with van der Waals surface area (Å²) in [5.41, 5.74) is 5.47. The van der Waals surface area contributed by atoms with E-state index in [2.05, 4.69) is 22.6 Å².